The maximum absolute atomic E-state index is 12.4. The van der Waals surface area contributed by atoms with Crippen molar-refractivity contribution in [3.05, 3.63) is 70.7 Å². The van der Waals surface area contributed by atoms with Gasteiger partial charge < -0.3 is 10.1 Å². The van der Waals surface area contributed by atoms with E-state index in [1.54, 1.807) is 0 Å². The molecule has 3 rings (SSSR count). The average Bonchev–Trinajstić information content (AvgIpc) is 2.65. The van der Waals surface area contributed by atoms with E-state index in [1.165, 1.54) is 0 Å². The summed E-state index contributed by atoms with van der Waals surface area (Å²) in [6.45, 7) is 3.58. The van der Waals surface area contributed by atoms with Crippen LogP contribution in [0.15, 0.2) is 54.6 Å². The van der Waals surface area contributed by atoms with Crippen molar-refractivity contribution in [1.82, 2.24) is 10.2 Å². The van der Waals surface area contributed by atoms with Crippen LogP contribution in [0.5, 0.6) is 0 Å². The summed E-state index contributed by atoms with van der Waals surface area (Å²) in [5, 5.41) is 3.77. The number of nitrogens with one attached hydrogen (secondary N) is 1. The molecular weight excluding hydrogens is 324 g/mol. The predicted molar refractivity (Wildman–Crippen MR) is 95.4 cm³/mol. The molecule has 126 valence electrons. The molecule has 2 aromatic rings. The highest BCUT2D eigenvalue weighted by atomic mass is 35.5. The fourth-order valence-corrected chi connectivity index (χ4v) is 3.21. The van der Waals surface area contributed by atoms with Gasteiger partial charge in [0.25, 0.3) is 5.91 Å². The second kappa shape index (κ2) is 8.29. The quantitative estimate of drug-likeness (QED) is 0.906. The van der Waals surface area contributed by atoms with E-state index >= 15 is 0 Å². The van der Waals surface area contributed by atoms with Crippen molar-refractivity contribution >= 4 is 17.5 Å². The lowest BCUT2D eigenvalue weighted by atomic mass is 10.0. The van der Waals surface area contributed by atoms with Crippen molar-refractivity contribution < 1.29 is 9.53 Å². The first-order chi connectivity index (χ1) is 11.8. The number of carbonyl (C=O) groups excluding carboxylic acids is 1. The van der Waals surface area contributed by atoms with Crippen LogP contribution in [0.4, 0.5) is 0 Å². The van der Waals surface area contributed by atoms with Gasteiger partial charge in [-0.25, -0.2) is 0 Å². The Hall–Kier alpha value is -1.88. The van der Waals surface area contributed by atoms with Gasteiger partial charge in [0.15, 0.2) is 0 Å². The van der Waals surface area contributed by atoms with E-state index in [9.17, 15) is 4.79 Å². The van der Waals surface area contributed by atoms with Gasteiger partial charge in [-0.05, 0) is 23.8 Å². The molecule has 1 fully saturated rings. The van der Waals surface area contributed by atoms with Gasteiger partial charge in [0.1, 0.15) is 0 Å². The van der Waals surface area contributed by atoms with Crippen LogP contribution in [0.3, 0.4) is 0 Å². The van der Waals surface area contributed by atoms with Gasteiger partial charge in [-0.1, -0.05) is 48.0 Å². The zero-order valence-electron chi connectivity index (χ0n) is 13.5. The third-order valence-corrected chi connectivity index (χ3v) is 4.59. The smallest absolute Gasteiger partial charge is 0.251 e. The highest BCUT2D eigenvalue weighted by molar-refractivity contribution is 6.31. The molecule has 0 aliphatic carbocycles. The summed E-state index contributed by atoms with van der Waals surface area (Å²) in [7, 11) is 0. The van der Waals surface area contributed by atoms with E-state index in [2.05, 4.69) is 10.2 Å². The lowest BCUT2D eigenvalue weighted by Crippen LogP contribution is -2.44. The van der Waals surface area contributed by atoms with E-state index in [0.29, 0.717) is 25.3 Å². The Morgan fingerprint density at radius 1 is 1.08 bits per heavy atom. The zero-order chi connectivity index (χ0) is 16.8. The monoisotopic (exact) mass is 344 g/mol. The first kappa shape index (κ1) is 17.0. The Balaban J connectivity index is 1.75. The number of hydrogen-bond donors (Lipinski definition) is 1. The van der Waals surface area contributed by atoms with Crippen LogP contribution < -0.4 is 5.32 Å². The van der Waals surface area contributed by atoms with Crippen molar-refractivity contribution in [1.29, 1.82) is 0 Å². The van der Waals surface area contributed by atoms with Crippen LogP contribution >= 0.6 is 11.6 Å². The first-order valence-corrected chi connectivity index (χ1v) is 8.53. The van der Waals surface area contributed by atoms with Crippen molar-refractivity contribution in [2.24, 2.45) is 0 Å². The lowest BCUT2D eigenvalue weighted by Gasteiger charge is -2.35. The highest BCUT2D eigenvalue weighted by Gasteiger charge is 2.24. The summed E-state index contributed by atoms with van der Waals surface area (Å²) in [5.74, 6) is -0.0686. The minimum atomic E-state index is -0.0686. The van der Waals surface area contributed by atoms with E-state index in [0.717, 1.165) is 23.7 Å². The molecule has 0 unspecified atom stereocenters. The number of hydrogen-bond acceptors (Lipinski definition) is 3. The van der Waals surface area contributed by atoms with Gasteiger partial charge in [-0.3, -0.25) is 9.69 Å². The Labute approximate surface area is 147 Å². The number of benzene rings is 2. The van der Waals surface area contributed by atoms with Gasteiger partial charge in [-0.2, -0.15) is 0 Å². The number of amides is 1. The van der Waals surface area contributed by atoms with Crippen LogP contribution in [0.25, 0.3) is 0 Å². The SMILES string of the molecule is O=C(NC[C@H](c1ccccc1Cl)N1CCOCC1)c1ccccc1. The molecule has 1 amide bonds. The maximum atomic E-state index is 12.4. The predicted octanol–water partition coefficient (Wildman–Crippen LogP) is 3.14. The van der Waals surface area contributed by atoms with E-state index in [1.807, 2.05) is 54.6 Å². The fourth-order valence-electron chi connectivity index (χ4n) is 2.95. The van der Waals surface area contributed by atoms with Gasteiger partial charge in [0, 0.05) is 30.2 Å². The summed E-state index contributed by atoms with van der Waals surface area (Å²) < 4.78 is 5.45. The summed E-state index contributed by atoms with van der Waals surface area (Å²) in [4.78, 5) is 14.7. The number of carbonyl (C=O) groups is 1. The van der Waals surface area contributed by atoms with Gasteiger partial charge >= 0.3 is 0 Å². The highest BCUT2D eigenvalue weighted by Crippen LogP contribution is 2.27. The number of halogens is 1. The zero-order valence-corrected chi connectivity index (χ0v) is 14.2. The van der Waals surface area contributed by atoms with Gasteiger partial charge in [0.2, 0.25) is 0 Å². The number of nitrogens with zero attached hydrogens (tertiary/aromatic N) is 1. The molecule has 0 aromatic heterocycles. The Kier molecular flexibility index (Phi) is 5.86. The molecule has 1 atom stereocenters. The van der Waals surface area contributed by atoms with Crippen molar-refractivity contribution in [2.45, 2.75) is 6.04 Å². The minimum absolute atomic E-state index is 0.0373. The normalized spacial score (nSPS) is 16.5. The molecular formula is C19H21ClN2O2. The third kappa shape index (κ3) is 4.15. The Morgan fingerprint density at radius 2 is 1.75 bits per heavy atom. The standard InChI is InChI=1S/C19H21ClN2O2/c20-17-9-5-4-8-16(17)18(22-10-12-24-13-11-22)14-21-19(23)15-6-2-1-3-7-15/h1-9,18H,10-14H2,(H,21,23)/t18-/m1/s1. The summed E-state index contributed by atoms with van der Waals surface area (Å²) >= 11 is 6.40. The second-order valence-electron chi connectivity index (χ2n) is 5.76. The molecule has 24 heavy (non-hydrogen) atoms. The van der Waals surface area contributed by atoms with Crippen LogP contribution in [-0.4, -0.2) is 43.7 Å². The van der Waals surface area contributed by atoms with E-state index < -0.39 is 0 Å². The molecule has 1 N–H and O–H groups in total. The minimum Gasteiger partial charge on any atom is -0.379 e. The molecule has 1 heterocycles. The first-order valence-electron chi connectivity index (χ1n) is 8.15. The number of morpholine rings is 1. The molecule has 1 saturated heterocycles. The molecule has 5 heteroatoms. The largest absolute Gasteiger partial charge is 0.379 e. The average molecular weight is 345 g/mol. The molecule has 1 aliphatic heterocycles. The van der Waals surface area contributed by atoms with E-state index in [-0.39, 0.29) is 11.9 Å². The molecule has 1 aliphatic rings. The van der Waals surface area contributed by atoms with Crippen molar-refractivity contribution in [3.63, 3.8) is 0 Å². The van der Waals surface area contributed by atoms with Crippen LogP contribution in [0.1, 0.15) is 22.0 Å². The van der Waals surface area contributed by atoms with Gasteiger partial charge in [-0.15, -0.1) is 0 Å². The van der Waals surface area contributed by atoms with Crippen LogP contribution in [0, 0.1) is 0 Å². The maximum Gasteiger partial charge on any atom is 0.251 e. The fraction of sp³-hybridized carbons (Fsp3) is 0.316. The Bertz CT molecular complexity index is 672. The topological polar surface area (TPSA) is 41.6 Å². The van der Waals surface area contributed by atoms with Crippen LogP contribution in [-0.2, 0) is 4.74 Å². The summed E-state index contributed by atoms with van der Waals surface area (Å²) in [6.07, 6.45) is 0. The Morgan fingerprint density at radius 3 is 2.46 bits per heavy atom. The molecule has 4 nitrogen and oxygen atoms in total. The third-order valence-electron chi connectivity index (χ3n) is 4.24. The van der Waals surface area contributed by atoms with Gasteiger partial charge in [0.05, 0.1) is 19.3 Å². The molecule has 0 saturated carbocycles. The lowest BCUT2D eigenvalue weighted by molar-refractivity contribution is 0.0162. The van der Waals surface area contributed by atoms with Crippen molar-refractivity contribution in [3.8, 4) is 0 Å². The van der Waals surface area contributed by atoms with Crippen LogP contribution in [0.2, 0.25) is 5.02 Å². The summed E-state index contributed by atoms with van der Waals surface area (Å²) in [6, 6.07) is 17.1. The van der Waals surface area contributed by atoms with E-state index in [4.69, 9.17) is 16.3 Å². The number of rotatable bonds is 5. The molecule has 0 bridgehead atoms. The number of ether oxygens (including phenoxy) is 1. The van der Waals surface area contributed by atoms with Crippen molar-refractivity contribution in [2.75, 3.05) is 32.8 Å². The molecule has 0 spiro atoms. The second-order valence-corrected chi connectivity index (χ2v) is 6.17. The molecule has 0 radical (unpaired) electrons. The summed E-state index contributed by atoms with van der Waals surface area (Å²) in [5.41, 5.74) is 1.70. The molecule has 2 aromatic carbocycles.